The Hall–Kier alpha value is -0.940. The summed E-state index contributed by atoms with van der Waals surface area (Å²) in [5.74, 6) is 2.09. The molecule has 0 radical (unpaired) electrons. The van der Waals surface area contributed by atoms with Crippen LogP contribution in [0.15, 0.2) is 35.2 Å². The van der Waals surface area contributed by atoms with Crippen molar-refractivity contribution >= 4 is 11.8 Å². The van der Waals surface area contributed by atoms with E-state index in [0.717, 1.165) is 12.2 Å². The normalized spacial score (nSPS) is 25.2. The molecular weight excluding hydrogens is 178 g/mol. The molecule has 0 N–H and O–H groups in total. The standard InChI is InChI=1S/C11H11NS/c12-7-9-6-10(9)8-13-11-4-2-1-3-5-11/h1-5,9-10H,6,8H2. The maximum absolute atomic E-state index is 8.61. The minimum atomic E-state index is 0.344. The van der Waals surface area contributed by atoms with Gasteiger partial charge in [0.2, 0.25) is 0 Å². The lowest BCUT2D eigenvalue weighted by atomic mass is 10.4. The molecule has 0 heterocycles. The smallest absolute Gasteiger partial charge is 0.0659 e. The van der Waals surface area contributed by atoms with Crippen LogP contribution in [-0.2, 0) is 0 Å². The first-order valence-electron chi connectivity index (χ1n) is 4.47. The van der Waals surface area contributed by atoms with E-state index < -0.39 is 0 Å². The van der Waals surface area contributed by atoms with E-state index in [4.69, 9.17) is 5.26 Å². The third kappa shape index (κ3) is 2.26. The highest BCUT2D eigenvalue weighted by molar-refractivity contribution is 7.99. The molecule has 1 aliphatic carbocycles. The van der Waals surface area contributed by atoms with Crippen molar-refractivity contribution in [3.05, 3.63) is 30.3 Å². The molecule has 13 heavy (non-hydrogen) atoms. The van der Waals surface area contributed by atoms with Gasteiger partial charge in [-0.05, 0) is 24.5 Å². The Labute approximate surface area is 82.8 Å². The first-order chi connectivity index (χ1) is 6.40. The molecule has 1 nitrogen and oxygen atoms in total. The minimum Gasteiger partial charge on any atom is -0.198 e. The Kier molecular flexibility index (Phi) is 2.56. The van der Waals surface area contributed by atoms with Crippen molar-refractivity contribution in [2.24, 2.45) is 11.8 Å². The second kappa shape index (κ2) is 3.85. The summed E-state index contributed by atoms with van der Waals surface area (Å²) in [5, 5.41) is 8.61. The lowest BCUT2D eigenvalue weighted by Crippen LogP contribution is -1.83. The van der Waals surface area contributed by atoms with Gasteiger partial charge in [-0.1, -0.05) is 18.2 Å². The number of hydrogen-bond donors (Lipinski definition) is 0. The predicted octanol–water partition coefficient (Wildman–Crippen LogP) is 2.94. The average Bonchev–Trinajstić information content (AvgIpc) is 2.95. The molecule has 1 aliphatic rings. The van der Waals surface area contributed by atoms with Gasteiger partial charge < -0.3 is 0 Å². The molecule has 0 amide bonds. The van der Waals surface area contributed by atoms with Crippen LogP contribution in [0.2, 0.25) is 0 Å². The fourth-order valence-electron chi connectivity index (χ4n) is 1.31. The van der Waals surface area contributed by atoms with E-state index in [1.165, 1.54) is 4.90 Å². The molecule has 0 saturated heterocycles. The fraction of sp³-hybridized carbons (Fsp3) is 0.364. The zero-order valence-electron chi connectivity index (χ0n) is 7.31. The first-order valence-corrected chi connectivity index (χ1v) is 5.46. The topological polar surface area (TPSA) is 23.8 Å². The van der Waals surface area contributed by atoms with Crippen LogP contribution in [0.3, 0.4) is 0 Å². The first kappa shape index (κ1) is 8.65. The molecule has 0 spiro atoms. The number of benzene rings is 1. The van der Waals surface area contributed by atoms with Gasteiger partial charge in [0.1, 0.15) is 0 Å². The largest absolute Gasteiger partial charge is 0.198 e. The van der Waals surface area contributed by atoms with E-state index in [1.807, 2.05) is 17.8 Å². The summed E-state index contributed by atoms with van der Waals surface area (Å²) in [7, 11) is 0. The van der Waals surface area contributed by atoms with Gasteiger partial charge in [-0.2, -0.15) is 5.26 Å². The van der Waals surface area contributed by atoms with Crippen LogP contribution in [0, 0.1) is 23.2 Å². The summed E-state index contributed by atoms with van der Waals surface area (Å²) in [6.45, 7) is 0. The molecule has 1 aromatic carbocycles. The van der Waals surface area contributed by atoms with Crippen molar-refractivity contribution < 1.29 is 0 Å². The summed E-state index contributed by atoms with van der Waals surface area (Å²) in [6, 6.07) is 12.7. The van der Waals surface area contributed by atoms with Gasteiger partial charge in [-0.25, -0.2) is 0 Å². The molecule has 0 aliphatic heterocycles. The average molecular weight is 189 g/mol. The van der Waals surface area contributed by atoms with Crippen molar-refractivity contribution in [2.45, 2.75) is 11.3 Å². The van der Waals surface area contributed by atoms with Crippen molar-refractivity contribution in [1.29, 1.82) is 5.26 Å². The van der Waals surface area contributed by atoms with Gasteiger partial charge in [0.05, 0.1) is 12.0 Å². The van der Waals surface area contributed by atoms with E-state index in [0.29, 0.717) is 11.8 Å². The van der Waals surface area contributed by atoms with E-state index >= 15 is 0 Å². The van der Waals surface area contributed by atoms with Crippen LogP contribution in [-0.4, -0.2) is 5.75 Å². The van der Waals surface area contributed by atoms with Crippen molar-refractivity contribution in [1.82, 2.24) is 0 Å². The molecule has 2 atom stereocenters. The molecule has 66 valence electrons. The van der Waals surface area contributed by atoms with Crippen molar-refractivity contribution in [2.75, 3.05) is 5.75 Å². The summed E-state index contributed by atoms with van der Waals surface area (Å²) >= 11 is 1.86. The van der Waals surface area contributed by atoms with Gasteiger partial charge >= 0.3 is 0 Å². The molecule has 2 rings (SSSR count). The summed E-state index contributed by atoms with van der Waals surface area (Å²) in [6.07, 6.45) is 1.11. The Morgan fingerprint density at radius 2 is 2.15 bits per heavy atom. The third-order valence-electron chi connectivity index (χ3n) is 2.30. The summed E-state index contributed by atoms with van der Waals surface area (Å²) < 4.78 is 0. The van der Waals surface area contributed by atoms with Crippen molar-refractivity contribution in [3.8, 4) is 6.07 Å². The van der Waals surface area contributed by atoms with Crippen LogP contribution in [0.1, 0.15) is 6.42 Å². The zero-order valence-corrected chi connectivity index (χ0v) is 8.13. The highest BCUT2D eigenvalue weighted by Crippen LogP contribution is 2.41. The quantitative estimate of drug-likeness (QED) is 0.683. The Morgan fingerprint density at radius 1 is 1.38 bits per heavy atom. The molecule has 2 heteroatoms. The molecular formula is C11H11NS. The second-order valence-electron chi connectivity index (χ2n) is 3.36. The van der Waals surface area contributed by atoms with Crippen LogP contribution < -0.4 is 0 Å². The van der Waals surface area contributed by atoms with E-state index in [2.05, 4.69) is 30.3 Å². The summed E-state index contributed by atoms with van der Waals surface area (Å²) in [4.78, 5) is 1.31. The third-order valence-corrected chi connectivity index (χ3v) is 3.50. The fourth-order valence-corrected chi connectivity index (χ4v) is 2.43. The molecule has 2 unspecified atom stereocenters. The number of hydrogen-bond acceptors (Lipinski definition) is 2. The molecule has 0 bridgehead atoms. The number of thioether (sulfide) groups is 1. The number of nitrogens with zero attached hydrogens (tertiary/aromatic N) is 1. The van der Waals surface area contributed by atoms with Gasteiger partial charge in [0.15, 0.2) is 0 Å². The highest BCUT2D eigenvalue weighted by atomic mass is 32.2. The van der Waals surface area contributed by atoms with Crippen LogP contribution in [0.25, 0.3) is 0 Å². The maximum Gasteiger partial charge on any atom is 0.0659 e. The predicted molar refractivity (Wildman–Crippen MR) is 54.4 cm³/mol. The lowest BCUT2D eigenvalue weighted by molar-refractivity contribution is 0.922. The van der Waals surface area contributed by atoms with Gasteiger partial charge in [0, 0.05) is 10.6 Å². The molecule has 0 aromatic heterocycles. The van der Waals surface area contributed by atoms with E-state index in [9.17, 15) is 0 Å². The highest BCUT2D eigenvalue weighted by Gasteiger charge is 2.36. The molecule has 1 saturated carbocycles. The Bertz CT molecular complexity index is 315. The zero-order chi connectivity index (χ0) is 9.10. The van der Waals surface area contributed by atoms with Crippen LogP contribution in [0.5, 0.6) is 0 Å². The second-order valence-corrected chi connectivity index (χ2v) is 4.45. The van der Waals surface area contributed by atoms with Gasteiger partial charge in [-0.3, -0.25) is 0 Å². The van der Waals surface area contributed by atoms with Crippen LogP contribution in [0.4, 0.5) is 0 Å². The Morgan fingerprint density at radius 3 is 2.77 bits per heavy atom. The monoisotopic (exact) mass is 189 g/mol. The SMILES string of the molecule is N#CC1CC1CSc1ccccc1. The number of nitriles is 1. The van der Waals surface area contributed by atoms with E-state index in [1.54, 1.807) is 0 Å². The van der Waals surface area contributed by atoms with Crippen LogP contribution >= 0.6 is 11.8 Å². The minimum absolute atomic E-state index is 0.344. The molecule has 1 aromatic rings. The van der Waals surface area contributed by atoms with Crippen molar-refractivity contribution in [3.63, 3.8) is 0 Å². The van der Waals surface area contributed by atoms with E-state index in [-0.39, 0.29) is 0 Å². The lowest BCUT2D eigenvalue weighted by Gasteiger charge is -1.98. The van der Waals surface area contributed by atoms with Gasteiger partial charge in [0.25, 0.3) is 0 Å². The Balaban J connectivity index is 1.79. The number of rotatable bonds is 3. The maximum atomic E-state index is 8.61. The van der Waals surface area contributed by atoms with Gasteiger partial charge in [-0.15, -0.1) is 11.8 Å². The summed E-state index contributed by atoms with van der Waals surface area (Å²) in [5.41, 5.74) is 0. The molecule has 1 fully saturated rings.